The minimum Gasteiger partial charge on any atom is -0.507 e. The number of nitrogens with zero attached hydrogens (tertiary/aromatic N) is 1. The quantitative estimate of drug-likeness (QED) is 0.333. The molecule has 2 aromatic rings. The van der Waals surface area contributed by atoms with Crippen molar-refractivity contribution in [3.63, 3.8) is 0 Å². The summed E-state index contributed by atoms with van der Waals surface area (Å²) in [7, 11) is 3.06. The Morgan fingerprint density at radius 2 is 1.76 bits per heavy atom. The monoisotopic (exact) mass is 455 g/mol. The van der Waals surface area contributed by atoms with Crippen LogP contribution >= 0.6 is 0 Å². The lowest BCUT2D eigenvalue weighted by Crippen LogP contribution is -2.32. The number of benzene rings is 2. The first kappa shape index (κ1) is 24.1. The van der Waals surface area contributed by atoms with Crippen molar-refractivity contribution in [1.82, 2.24) is 4.90 Å². The van der Waals surface area contributed by atoms with Crippen LogP contribution in [0.15, 0.2) is 48.0 Å². The normalized spacial score (nSPS) is 17.3. The number of aliphatic hydroxyl groups is 1. The van der Waals surface area contributed by atoms with Crippen LogP contribution in [0.1, 0.15) is 31.0 Å². The van der Waals surface area contributed by atoms with E-state index in [0.29, 0.717) is 41.6 Å². The van der Waals surface area contributed by atoms with Crippen molar-refractivity contribution in [1.29, 1.82) is 0 Å². The lowest BCUT2D eigenvalue weighted by molar-refractivity contribution is -0.140. The van der Waals surface area contributed by atoms with Crippen LogP contribution in [-0.4, -0.2) is 62.3 Å². The Balaban J connectivity index is 2.20. The maximum atomic E-state index is 13.1. The molecule has 1 aliphatic heterocycles. The molecule has 1 atom stereocenters. The zero-order valence-corrected chi connectivity index (χ0v) is 19.3. The van der Waals surface area contributed by atoms with Gasteiger partial charge in [-0.25, -0.2) is 0 Å². The number of hydrogen-bond donors (Lipinski definition) is 1. The molecule has 1 unspecified atom stereocenters. The van der Waals surface area contributed by atoms with Crippen LogP contribution in [0, 0.1) is 0 Å². The highest BCUT2D eigenvalue weighted by atomic mass is 16.5. The van der Waals surface area contributed by atoms with Crippen molar-refractivity contribution < 1.29 is 33.6 Å². The Hall–Kier alpha value is -3.52. The maximum absolute atomic E-state index is 13.1. The number of aliphatic hydroxyl groups excluding tert-OH is 1. The maximum Gasteiger partial charge on any atom is 0.295 e. The molecule has 1 saturated heterocycles. The van der Waals surface area contributed by atoms with Crippen LogP contribution in [0.3, 0.4) is 0 Å². The molecule has 0 saturated carbocycles. The number of methoxy groups -OCH3 is 2. The van der Waals surface area contributed by atoms with E-state index in [1.807, 2.05) is 13.8 Å². The Labute approximate surface area is 193 Å². The van der Waals surface area contributed by atoms with Gasteiger partial charge in [0.05, 0.1) is 44.1 Å². The SMILES string of the molecule is CCOc1ccc(/C(O)=C2/C(=O)C(=O)N(CCOC)C2c2cccc(OC)c2)c(OCC)c1. The Morgan fingerprint density at radius 1 is 1.00 bits per heavy atom. The summed E-state index contributed by atoms with van der Waals surface area (Å²) in [5, 5.41) is 11.3. The van der Waals surface area contributed by atoms with E-state index in [-0.39, 0.29) is 24.5 Å². The second-order valence-corrected chi connectivity index (χ2v) is 7.29. The van der Waals surface area contributed by atoms with Crippen molar-refractivity contribution in [3.05, 3.63) is 59.2 Å². The average molecular weight is 456 g/mol. The molecular formula is C25H29NO7. The topological polar surface area (TPSA) is 94.5 Å². The lowest BCUT2D eigenvalue weighted by Gasteiger charge is -2.25. The molecule has 33 heavy (non-hydrogen) atoms. The molecular weight excluding hydrogens is 426 g/mol. The third-order valence-electron chi connectivity index (χ3n) is 5.30. The second-order valence-electron chi connectivity index (χ2n) is 7.29. The number of hydrogen-bond acceptors (Lipinski definition) is 7. The van der Waals surface area contributed by atoms with E-state index in [0.717, 1.165) is 0 Å². The van der Waals surface area contributed by atoms with Gasteiger partial charge >= 0.3 is 0 Å². The largest absolute Gasteiger partial charge is 0.507 e. The van der Waals surface area contributed by atoms with Crippen molar-refractivity contribution in [2.45, 2.75) is 19.9 Å². The van der Waals surface area contributed by atoms with E-state index < -0.39 is 17.7 Å². The second kappa shape index (κ2) is 10.9. The summed E-state index contributed by atoms with van der Waals surface area (Å²) >= 11 is 0. The molecule has 1 heterocycles. The molecule has 1 aliphatic rings. The van der Waals surface area contributed by atoms with E-state index in [1.54, 1.807) is 42.5 Å². The summed E-state index contributed by atoms with van der Waals surface area (Å²) in [5.41, 5.74) is 0.919. The van der Waals surface area contributed by atoms with Crippen molar-refractivity contribution in [3.8, 4) is 17.2 Å². The van der Waals surface area contributed by atoms with Gasteiger partial charge in [0.25, 0.3) is 11.7 Å². The van der Waals surface area contributed by atoms with Gasteiger partial charge in [-0.15, -0.1) is 0 Å². The predicted molar refractivity (Wildman–Crippen MR) is 123 cm³/mol. The van der Waals surface area contributed by atoms with Crippen molar-refractivity contribution in [2.75, 3.05) is 40.6 Å². The molecule has 0 aromatic heterocycles. The molecule has 0 bridgehead atoms. The van der Waals surface area contributed by atoms with Gasteiger partial charge in [0.2, 0.25) is 0 Å². The summed E-state index contributed by atoms with van der Waals surface area (Å²) in [6.07, 6.45) is 0. The standard InChI is InChI=1S/C25H29NO7/c1-5-32-18-10-11-19(20(15-18)33-6-2)23(27)21-22(16-8-7-9-17(14-16)31-4)26(12-13-30-3)25(29)24(21)28/h7-11,14-15,22,27H,5-6,12-13H2,1-4H3/b23-21-. The number of ketones is 1. The minimum absolute atomic E-state index is 0.0190. The van der Waals surface area contributed by atoms with E-state index in [1.165, 1.54) is 19.1 Å². The zero-order chi connectivity index (χ0) is 24.0. The highest BCUT2D eigenvalue weighted by molar-refractivity contribution is 6.46. The van der Waals surface area contributed by atoms with E-state index in [9.17, 15) is 14.7 Å². The number of likely N-dealkylation sites (tertiary alicyclic amines) is 1. The van der Waals surface area contributed by atoms with Crippen molar-refractivity contribution >= 4 is 17.4 Å². The number of carbonyl (C=O) groups excluding carboxylic acids is 2. The van der Waals surface area contributed by atoms with Gasteiger partial charge in [0.15, 0.2) is 0 Å². The third kappa shape index (κ3) is 4.96. The molecule has 2 aromatic carbocycles. The van der Waals surface area contributed by atoms with Crippen LogP contribution in [0.4, 0.5) is 0 Å². The third-order valence-corrected chi connectivity index (χ3v) is 5.30. The van der Waals surface area contributed by atoms with Crippen molar-refractivity contribution in [2.24, 2.45) is 0 Å². The predicted octanol–water partition coefficient (Wildman–Crippen LogP) is 3.56. The first-order valence-corrected chi connectivity index (χ1v) is 10.8. The smallest absolute Gasteiger partial charge is 0.295 e. The van der Waals surface area contributed by atoms with E-state index in [2.05, 4.69) is 0 Å². The van der Waals surface area contributed by atoms with E-state index >= 15 is 0 Å². The van der Waals surface area contributed by atoms with Gasteiger partial charge < -0.3 is 29.0 Å². The summed E-state index contributed by atoms with van der Waals surface area (Å²) in [6, 6.07) is 11.2. The lowest BCUT2D eigenvalue weighted by atomic mass is 9.94. The molecule has 8 heteroatoms. The number of amides is 1. The summed E-state index contributed by atoms with van der Waals surface area (Å²) in [4.78, 5) is 27.5. The molecule has 0 spiro atoms. The average Bonchev–Trinajstić information content (AvgIpc) is 3.08. The minimum atomic E-state index is -0.809. The number of ether oxygens (including phenoxy) is 4. The van der Waals surface area contributed by atoms with Gasteiger partial charge in [0.1, 0.15) is 23.0 Å². The molecule has 0 radical (unpaired) electrons. The Bertz CT molecular complexity index is 1050. The first-order valence-electron chi connectivity index (χ1n) is 10.8. The van der Waals surface area contributed by atoms with Crippen LogP contribution < -0.4 is 14.2 Å². The molecule has 1 N–H and O–H groups in total. The Morgan fingerprint density at radius 3 is 2.42 bits per heavy atom. The highest BCUT2D eigenvalue weighted by Crippen LogP contribution is 2.42. The fourth-order valence-corrected chi connectivity index (χ4v) is 3.83. The van der Waals surface area contributed by atoms with Gasteiger partial charge in [-0.05, 0) is 43.7 Å². The molecule has 0 aliphatic carbocycles. The molecule has 1 fully saturated rings. The summed E-state index contributed by atoms with van der Waals surface area (Å²) in [6.45, 7) is 4.91. The number of rotatable bonds is 10. The van der Waals surface area contributed by atoms with Gasteiger partial charge in [-0.1, -0.05) is 12.1 Å². The molecule has 3 rings (SSSR count). The van der Waals surface area contributed by atoms with Crippen LogP contribution in [0.2, 0.25) is 0 Å². The molecule has 176 valence electrons. The van der Waals surface area contributed by atoms with Gasteiger partial charge in [-0.3, -0.25) is 9.59 Å². The van der Waals surface area contributed by atoms with Crippen LogP contribution in [0.5, 0.6) is 17.2 Å². The highest BCUT2D eigenvalue weighted by Gasteiger charge is 2.46. The fraction of sp³-hybridized carbons (Fsp3) is 0.360. The van der Waals surface area contributed by atoms with Crippen LogP contribution in [-0.2, 0) is 14.3 Å². The number of carbonyl (C=O) groups is 2. The first-order chi connectivity index (χ1) is 16.0. The van der Waals surface area contributed by atoms with Crippen LogP contribution in [0.25, 0.3) is 5.76 Å². The van der Waals surface area contributed by atoms with Gasteiger partial charge in [-0.2, -0.15) is 0 Å². The van der Waals surface area contributed by atoms with Gasteiger partial charge in [0, 0.05) is 19.7 Å². The number of Topliss-reactive ketones (excluding diaryl/α,β-unsaturated/α-hetero) is 1. The molecule has 1 amide bonds. The summed E-state index contributed by atoms with van der Waals surface area (Å²) < 4.78 is 21.7. The summed E-state index contributed by atoms with van der Waals surface area (Å²) in [5.74, 6) is -0.289. The zero-order valence-electron chi connectivity index (χ0n) is 19.3. The Kier molecular flexibility index (Phi) is 7.95. The molecule has 8 nitrogen and oxygen atoms in total. The fourth-order valence-electron chi connectivity index (χ4n) is 3.83. The van der Waals surface area contributed by atoms with E-state index in [4.69, 9.17) is 18.9 Å².